The van der Waals surface area contributed by atoms with E-state index in [1.165, 1.54) is 6.42 Å². The van der Waals surface area contributed by atoms with Gasteiger partial charge in [-0.1, -0.05) is 35.3 Å². The highest BCUT2D eigenvalue weighted by Gasteiger charge is 2.34. The topological polar surface area (TPSA) is 35.2 Å². The summed E-state index contributed by atoms with van der Waals surface area (Å²) in [5.74, 6) is 0. The zero-order valence-electron chi connectivity index (χ0n) is 10.6. The highest BCUT2D eigenvalue weighted by molar-refractivity contribution is 6.42. The Kier molecular flexibility index (Phi) is 4.54. The van der Waals surface area contributed by atoms with E-state index < -0.39 is 0 Å². The van der Waals surface area contributed by atoms with Gasteiger partial charge >= 0.3 is 0 Å². The number of hydrogen-bond donors (Lipinski definition) is 1. The molecular weight excluding hydrogens is 269 g/mol. The van der Waals surface area contributed by atoms with Crippen molar-refractivity contribution < 1.29 is 4.74 Å². The quantitative estimate of drug-likeness (QED) is 0.917. The minimum absolute atomic E-state index is 0.0613. The normalized spacial score (nSPS) is 26.0. The van der Waals surface area contributed by atoms with Crippen LogP contribution >= 0.6 is 23.2 Å². The molecule has 0 saturated carbocycles. The monoisotopic (exact) mass is 287 g/mol. The van der Waals surface area contributed by atoms with Crippen LogP contribution in [0, 0.1) is 0 Å². The average molecular weight is 288 g/mol. The molecular formula is C14H19Cl2NO. The molecule has 0 aliphatic carbocycles. The Morgan fingerprint density at radius 1 is 1.39 bits per heavy atom. The molecule has 1 aromatic rings. The number of halogens is 2. The van der Waals surface area contributed by atoms with Crippen molar-refractivity contribution in [3.05, 3.63) is 33.8 Å². The van der Waals surface area contributed by atoms with Crippen molar-refractivity contribution in [2.75, 3.05) is 6.61 Å². The number of nitrogens with two attached hydrogens (primary N) is 1. The molecule has 1 aliphatic heterocycles. The van der Waals surface area contributed by atoms with Gasteiger partial charge in [-0.15, -0.1) is 0 Å². The molecule has 2 nitrogen and oxygen atoms in total. The van der Waals surface area contributed by atoms with Crippen LogP contribution in [0.3, 0.4) is 0 Å². The first-order valence-electron chi connectivity index (χ1n) is 6.35. The van der Waals surface area contributed by atoms with E-state index in [-0.39, 0.29) is 11.6 Å². The van der Waals surface area contributed by atoms with Crippen molar-refractivity contribution >= 4 is 23.2 Å². The lowest BCUT2D eigenvalue weighted by Gasteiger charge is -2.39. The van der Waals surface area contributed by atoms with Gasteiger partial charge in [-0.2, -0.15) is 0 Å². The van der Waals surface area contributed by atoms with E-state index in [2.05, 4.69) is 6.92 Å². The van der Waals surface area contributed by atoms with Gasteiger partial charge in [0.05, 0.1) is 15.6 Å². The molecule has 2 unspecified atom stereocenters. The van der Waals surface area contributed by atoms with E-state index in [4.69, 9.17) is 33.7 Å². The Morgan fingerprint density at radius 2 is 2.17 bits per heavy atom. The molecule has 1 heterocycles. The van der Waals surface area contributed by atoms with E-state index in [1.807, 2.05) is 12.1 Å². The van der Waals surface area contributed by atoms with Crippen LogP contribution < -0.4 is 5.73 Å². The predicted molar refractivity (Wildman–Crippen MR) is 76.3 cm³/mol. The average Bonchev–Trinajstić information content (AvgIpc) is 2.36. The molecule has 0 bridgehead atoms. The summed E-state index contributed by atoms with van der Waals surface area (Å²) < 4.78 is 5.87. The van der Waals surface area contributed by atoms with E-state index in [1.54, 1.807) is 6.07 Å². The van der Waals surface area contributed by atoms with Gasteiger partial charge in [0.1, 0.15) is 0 Å². The molecule has 100 valence electrons. The second-order valence-electron chi connectivity index (χ2n) is 5.14. The third kappa shape index (κ3) is 3.00. The predicted octanol–water partition coefficient (Wildman–Crippen LogP) is 3.82. The first-order chi connectivity index (χ1) is 8.53. The van der Waals surface area contributed by atoms with Gasteiger partial charge < -0.3 is 10.5 Å². The van der Waals surface area contributed by atoms with Crippen LogP contribution in [0.15, 0.2) is 18.2 Å². The molecule has 0 radical (unpaired) electrons. The summed E-state index contributed by atoms with van der Waals surface area (Å²) in [6.45, 7) is 2.89. The fourth-order valence-electron chi connectivity index (χ4n) is 2.41. The molecule has 18 heavy (non-hydrogen) atoms. The highest BCUT2D eigenvalue weighted by Crippen LogP contribution is 2.31. The van der Waals surface area contributed by atoms with Gasteiger partial charge in [0, 0.05) is 12.6 Å². The Morgan fingerprint density at radius 3 is 2.83 bits per heavy atom. The molecule has 1 aromatic carbocycles. The zero-order valence-corrected chi connectivity index (χ0v) is 12.1. The molecule has 2 rings (SSSR count). The van der Waals surface area contributed by atoms with Gasteiger partial charge in [-0.25, -0.2) is 0 Å². The number of rotatable bonds is 3. The molecule has 1 saturated heterocycles. The van der Waals surface area contributed by atoms with Crippen LogP contribution in [-0.2, 0) is 11.2 Å². The third-order valence-electron chi connectivity index (χ3n) is 3.76. The molecule has 1 aliphatic rings. The molecule has 2 N–H and O–H groups in total. The van der Waals surface area contributed by atoms with E-state index in [0.717, 1.165) is 25.0 Å². The smallest absolute Gasteiger partial charge is 0.0807 e. The van der Waals surface area contributed by atoms with Gasteiger partial charge in [0.15, 0.2) is 0 Å². The maximum atomic E-state index is 6.31. The molecule has 0 amide bonds. The minimum Gasteiger partial charge on any atom is -0.374 e. The molecule has 0 spiro atoms. The van der Waals surface area contributed by atoms with Crippen LogP contribution in [0.4, 0.5) is 0 Å². The van der Waals surface area contributed by atoms with E-state index in [9.17, 15) is 0 Å². The number of benzene rings is 1. The summed E-state index contributed by atoms with van der Waals surface area (Å²) in [7, 11) is 0. The van der Waals surface area contributed by atoms with E-state index in [0.29, 0.717) is 16.5 Å². The molecule has 1 fully saturated rings. The molecule has 0 aromatic heterocycles. The van der Waals surface area contributed by atoms with Crippen LogP contribution in [0.2, 0.25) is 10.0 Å². The van der Waals surface area contributed by atoms with Crippen molar-refractivity contribution in [2.45, 2.75) is 44.2 Å². The van der Waals surface area contributed by atoms with Crippen LogP contribution in [0.25, 0.3) is 0 Å². The summed E-state index contributed by atoms with van der Waals surface area (Å²) in [5.41, 5.74) is 7.05. The van der Waals surface area contributed by atoms with Crippen molar-refractivity contribution in [3.8, 4) is 0 Å². The summed E-state index contributed by atoms with van der Waals surface area (Å²) >= 11 is 12.2. The Labute approximate surface area is 118 Å². The first-order valence-corrected chi connectivity index (χ1v) is 7.11. The summed E-state index contributed by atoms with van der Waals surface area (Å²) in [6, 6.07) is 5.60. The fraction of sp³-hybridized carbons (Fsp3) is 0.571. The highest BCUT2D eigenvalue weighted by atomic mass is 35.5. The van der Waals surface area contributed by atoms with Crippen LogP contribution in [-0.4, -0.2) is 18.2 Å². The molecule has 4 heteroatoms. The fourth-order valence-corrected chi connectivity index (χ4v) is 2.80. The molecule has 2 atom stereocenters. The van der Waals surface area contributed by atoms with Gasteiger partial charge in [-0.3, -0.25) is 0 Å². The van der Waals surface area contributed by atoms with Gasteiger partial charge in [-0.05, 0) is 44.2 Å². The number of ether oxygens (including phenoxy) is 1. The largest absolute Gasteiger partial charge is 0.374 e. The first kappa shape index (κ1) is 14.1. The second kappa shape index (κ2) is 5.79. The summed E-state index contributed by atoms with van der Waals surface area (Å²) in [6.07, 6.45) is 4.00. The maximum Gasteiger partial charge on any atom is 0.0807 e. The van der Waals surface area contributed by atoms with Crippen molar-refractivity contribution in [3.63, 3.8) is 0 Å². The number of hydrogen-bond acceptors (Lipinski definition) is 2. The lowest BCUT2D eigenvalue weighted by molar-refractivity contribution is -0.0808. The van der Waals surface area contributed by atoms with E-state index >= 15 is 0 Å². The third-order valence-corrected chi connectivity index (χ3v) is 4.61. The SMILES string of the molecule is CC1(C(N)Cc2cccc(Cl)c2Cl)CCCCO1. The van der Waals surface area contributed by atoms with Gasteiger partial charge in [0.25, 0.3) is 0 Å². The maximum absolute atomic E-state index is 6.31. The second-order valence-corrected chi connectivity index (χ2v) is 5.93. The summed E-state index contributed by atoms with van der Waals surface area (Å²) in [5, 5.41) is 1.19. The Hall–Kier alpha value is -0.280. The van der Waals surface area contributed by atoms with Crippen molar-refractivity contribution in [1.29, 1.82) is 0 Å². The standard InChI is InChI=1S/C14H19Cl2NO/c1-14(7-2-3-8-18-14)12(17)9-10-5-4-6-11(15)13(10)16/h4-6,12H,2-3,7-9,17H2,1H3. The Balaban J connectivity index is 2.10. The Bertz CT molecular complexity index is 416. The van der Waals surface area contributed by atoms with Crippen molar-refractivity contribution in [2.24, 2.45) is 5.73 Å². The zero-order chi connectivity index (χ0) is 13.2. The van der Waals surface area contributed by atoms with Crippen LogP contribution in [0.1, 0.15) is 31.7 Å². The lowest BCUT2D eigenvalue weighted by atomic mass is 9.85. The van der Waals surface area contributed by atoms with Crippen LogP contribution in [0.5, 0.6) is 0 Å². The minimum atomic E-state index is -0.246. The van der Waals surface area contributed by atoms with Crippen molar-refractivity contribution in [1.82, 2.24) is 0 Å². The summed E-state index contributed by atoms with van der Waals surface area (Å²) in [4.78, 5) is 0. The lowest BCUT2D eigenvalue weighted by Crippen LogP contribution is -2.50. The van der Waals surface area contributed by atoms with Gasteiger partial charge in [0.2, 0.25) is 0 Å².